The number of halogens is 1. The monoisotopic (exact) mass is 283 g/mol. The van der Waals surface area contributed by atoms with E-state index in [1.807, 2.05) is 13.0 Å². The molecule has 0 radical (unpaired) electrons. The summed E-state index contributed by atoms with van der Waals surface area (Å²) in [6.07, 6.45) is 3.59. The van der Waals surface area contributed by atoms with Crippen LogP contribution in [0.1, 0.15) is 35.6 Å². The summed E-state index contributed by atoms with van der Waals surface area (Å²) in [6.45, 7) is 2.91. The van der Waals surface area contributed by atoms with Gasteiger partial charge in [-0.05, 0) is 67.5 Å². The molecule has 1 saturated carbocycles. The Kier molecular flexibility index (Phi) is 4.35. The molecule has 0 saturated heterocycles. The fourth-order valence-corrected chi connectivity index (χ4v) is 2.95. The number of nitrogens with one attached hydrogen (secondary N) is 1. The number of rotatable bonds is 6. The van der Waals surface area contributed by atoms with Gasteiger partial charge in [-0.1, -0.05) is 36.4 Å². The van der Waals surface area contributed by atoms with Crippen molar-refractivity contribution in [1.29, 1.82) is 0 Å². The van der Waals surface area contributed by atoms with Gasteiger partial charge in [0.25, 0.3) is 0 Å². The van der Waals surface area contributed by atoms with E-state index in [-0.39, 0.29) is 5.82 Å². The first-order valence-corrected chi connectivity index (χ1v) is 7.77. The molecule has 0 aliphatic heterocycles. The lowest BCUT2D eigenvalue weighted by Crippen LogP contribution is -2.25. The molecule has 2 aromatic rings. The van der Waals surface area contributed by atoms with Crippen LogP contribution in [0.5, 0.6) is 0 Å². The van der Waals surface area contributed by atoms with Crippen molar-refractivity contribution in [3.63, 3.8) is 0 Å². The van der Waals surface area contributed by atoms with Gasteiger partial charge in [0.1, 0.15) is 5.82 Å². The summed E-state index contributed by atoms with van der Waals surface area (Å²) < 4.78 is 13.1. The largest absolute Gasteiger partial charge is 0.309 e. The average Bonchev–Trinajstić information content (AvgIpc) is 3.31. The van der Waals surface area contributed by atoms with E-state index in [1.165, 1.54) is 24.0 Å². The van der Waals surface area contributed by atoms with Crippen LogP contribution in [-0.4, -0.2) is 6.54 Å². The predicted molar refractivity (Wildman–Crippen MR) is 84.8 cm³/mol. The third-order valence-corrected chi connectivity index (χ3v) is 4.32. The SMILES string of the molecule is Cc1cc(F)ccc1CCNC(c1ccccc1)C1CC1. The lowest BCUT2D eigenvalue weighted by Gasteiger charge is -2.19. The molecule has 110 valence electrons. The Balaban J connectivity index is 1.60. The summed E-state index contributed by atoms with van der Waals surface area (Å²) in [5, 5.41) is 3.69. The number of aryl methyl sites for hydroxylation is 1. The second-order valence-electron chi connectivity index (χ2n) is 6.00. The highest BCUT2D eigenvalue weighted by Crippen LogP contribution is 2.40. The molecule has 1 unspecified atom stereocenters. The van der Waals surface area contributed by atoms with Crippen molar-refractivity contribution < 1.29 is 4.39 Å². The van der Waals surface area contributed by atoms with Crippen LogP contribution in [0.15, 0.2) is 48.5 Å². The minimum atomic E-state index is -0.149. The van der Waals surface area contributed by atoms with Crippen LogP contribution in [0.2, 0.25) is 0 Å². The first-order chi connectivity index (χ1) is 10.2. The topological polar surface area (TPSA) is 12.0 Å². The van der Waals surface area contributed by atoms with E-state index in [0.29, 0.717) is 6.04 Å². The van der Waals surface area contributed by atoms with Crippen LogP contribution >= 0.6 is 0 Å². The lowest BCUT2D eigenvalue weighted by molar-refractivity contribution is 0.484. The minimum absolute atomic E-state index is 0.149. The molecule has 0 heterocycles. The molecule has 1 N–H and O–H groups in total. The van der Waals surface area contributed by atoms with Crippen molar-refractivity contribution in [2.45, 2.75) is 32.2 Å². The maximum absolute atomic E-state index is 13.1. The molecule has 0 spiro atoms. The Morgan fingerprint density at radius 1 is 1.14 bits per heavy atom. The number of hydrogen-bond donors (Lipinski definition) is 1. The Morgan fingerprint density at radius 3 is 2.57 bits per heavy atom. The second-order valence-corrected chi connectivity index (χ2v) is 6.00. The van der Waals surface area contributed by atoms with E-state index in [4.69, 9.17) is 0 Å². The van der Waals surface area contributed by atoms with Crippen LogP contribution < -0.4 is 5.32 Å². The highest BCUT2D eigenvalue weighted by Gasteiger charge is 2.31. The zero-order valence-corrected chi connectivity index (χ0v) is 12.5. The molecule has 1 fully saturated rings. The Bertz CT molecular complexity index is 590. The summed E-state index contributed by atoms with van der Waals surface area (Å²) in [7, 11) is 0. The predicted octanol–water partition coefficient (Wildman–Crippen LogP) is 4.42. The van der Waals surface area contributed by atoms with Gasteiger partial charge in [0, 0.05) is 6.04 Å². The van der Waals surface area contributed by atoms with Gasteiger partial charge in [-0.2, -0.15) is 0 Å². The smallest absolute Gasteiger partial charge is 0.123 e. The minimum Gasteiger partial charge on any atom is -0.309 e. The molecule has 2 heteroatoms. The van der Waals surface area contributed by atoms with Gasteiger partial charge < -0.3 is 5.32 Å². The summed E-state index contributed by atoms with van der Waals surface area (Å²) in [5.41, 5.74) is 3.65. The third-order valence-electron chi connectivity index (χ3n) is 4.32. The van der Waals surface area contributed by atoms with Crippen LogP contribution in [0.3, 0.4) is 0 Å². The molecule has 21 heavy (non-hydrogen) atoms. The van der Waals surface area contributed by atoms with Gasteiger partial charge in [0.2, 0.25) is 0 Å². The van der Waals surface area contributed by atoms with Gasteiger partial charge in [0.05, 0.1) is 0 Å². The highest BCUT2D eigenvalue weighted by molar-refractivity contribution is 5.27. The molecule has 0 aromatic heterocycles. The standard InChI is InChI=1S/C19H22FN/c1-14-13-18(20)10-9-15(14)11-12-21-19(17-7-8-17)16-5-3-2-4-6-16/h2-6,9-10,13,17,19,21H,7-8,11-12H2,1H3. The molecule has 1 aliphatic carbocycles. The molecule has 1 nitrogen and oxygen atoms in total. The number of hydrogen-bond acceptors (Lipinski definition) is 1. The van der Waals surface area contributed by atoms with Gasteiger partial charge in [-0.3, -0.25) is 0 Å². The van der Waals surface area contributed by atoms with Crippen molar-refractivity contribution in [3.8, 4) is 0 Å². The van der Waals surface area contributed by atoms with Crippen molar-refractivity contribution in [2.75, 3.05) is 6.54 Å². The summed E-state index contributed by atoms with van der Waals surface area (Å²) in [6, 6.07) is 16.2. The van der Waals surface area contributed by atoms with E-state index in [1.54, 1.807) is 12.1 Å². The normalized spacial score (nSPS) is 15.9. The maximum atomic E-state index is 13.1. The van der Waals surface area contributed by atoms with E-state index in [9.17, 15) is 4.39 Å². The van der Waals surface area contributed by atoms with Crippen LogP contribution in [-0.2, 0) is 6.42 Å². The quantitative estimate of drug-likeness (QED) is 0.827. The van der Waals surface area contributed by atoms with Crippen LogP contribution in [0.25, 0.3) is 0 Å². The summed E-state index contributed by atoms with van der Waals surface area (Å²) >= 11 is 0. The van der Waals surface area contributed by atoms with E-state index >= 15 is 0 Å². The van der Waals surface area contributed by atoms with Crippen molar-refractivity contribution >= 4 is 0 Å². The van der Waals surface area contributed by atoms with E-state index < -0.39 is 0 Å². The fourth-order valence-electron chi connectivity index (χ4n) is 2.95. The first-order valence-electron chi connectivity index (χ1n) is 7.77. The highest BCUT2D eigenvalue weighted by atomic mass is 19.1. The van der Waals surface area contributed by atoms with Crippen molar-refractivity contribution in [2.24, 2.45) is 5.92 Å². The van der Waals surface area contributed by atoms with Gasteiger partial charge in [-0.15, -0.1) is 0 Å². The molecular formula is C19H22FN. The van der Waals surface area contributed by atoms with Gasteiger partial charge in [-0.25, -0.2) is 4.39 Å². The zero-order valence-electron chi connectivity index (χ0n) is 12.5. The fraction of sp³-hybridized carbons (Fsp3) is 0.368. The second kappa shape index (κ2) is 6.40. The summed E-state index contributed by atoms with van der Waals surface area (Å²) in [4.78, 5) is 0. The Hall–Kier alpha value is -1.67. The van der Waals surface area contributed by atoms with Gasteiger partial charge >= 0.3 is 0 Å². The number of benzene rings is 2. The molecule has 3 rings (SSSR count). The Morgan fingerprint density at radius 2 is 1.90 bits per heavy atom. The van der Waals surface area contributed by atoms with Crippen LogP contribution in [0, 0.1) is 18.7 Å². The average molecular weight is 283 g/mol. The third kappa shape index (κ3) is 3.70. The molecule has 2 aromatic carbocycles. The van der Waals surface area contributed by atoms with E-state index in [2.05, 4.69) is 35.6 Å². The van der Waals surface area contributed by atoms with Crippen molar-refractivity contribution in [3.05, 3.63) is 71.0 Å². The summed E-state index contributed by atoms with van der Waals surface area (Å²) in [5.74, 6) is 0.631. The molecule has 0 amide bonds. The molecule has 0 bridgehead atoms. The molecule has 1 aliphatic rings. The van der Waals surface area contributed by atoms with Crippen LogP contribution in [0.4, 0.5) is 4.39 Å². The lowest BCUT2D eigenvalue weighted by atomic mass is 10.0. The first kappa shape index (κ1) is 14.3. The molecule has 1 atom stereocenters. The van der Waals surface area contributed by atoms with E-state index in [0.717, 1.165) is 24.4 Å². The van der Waals surface area contributed by atoms with Gasteiger partial charge in [0.15, 0.2) is 0 Å². The zero-order chi connectivity index (χ0) is 14.7. The molecular weight excluding hydrogens is 261 g/mol. The Labute approximate surface area is 126 Å². The maximum Gasteiger partial charge on any atom is 0.123 e. The van der Waals surface area contributed by atoms with Crippen molar-refractivity contribution in [1.82, 2.24) is 5.32 Å².